The minimum atomic E-state index is -1.75. The van der Waals surface area contributed by atoms with Crippen molar-refractivity contribution in [3.63, 3.8) is 0 Å². The molecule has 11 atom stereocenters. The highest BCUT2D eigenvalue weighted by Gasteiger charge is 2.65. The van der Waals surface area contributed by atoms with Crippen LogP contribution in [0, 0.1) is 46.3 Å². The quantitative estimate of drug-likeness (QED) is 0.0643. The van der Waals surface area contributed by atoms with Crippen molar-refractivity contribution in [1.82, 2.24) is 20.0 Å². The van der Waals surface area contributed by atoms with Crippen LogP contribution in [0.15, 0.2) is 0 Å². The maximum absolute atomic E-state index is 13.6. The Hall–Kier alpha value is -2.48. The number of fused-ring (bicyclic) bond motifs is 5. The molecule has 0 aromatic rings. The van der Waals surface area contributed by atoms with Crippen LogP contribution in [0.25, 0.3) is 0 Å². The summed E-state index contributed by atoms with van der Waals surface area (Å²) in [6.45, 7) is 5.12. The Kier molecular flexibility index (Phi) is 15.9. The summed E-state index contributed by atoms with van der Waals surface area (Å²) in [7, 11) is 0. The zero-order chi connectivity index (χ0) is 40.8. The molecule has 17 heteroatoms. The van der Waals surface area contributed by atoms with E-state index in [1.807, 2.05) is 0 Å². The highest BCUT2D eigenvalue weighted by molar-refractivity contribution is 5.78. The Morgan fingerprint density at radius 1 is 0.727 bits per heavy atom. The van der Waals surface area contributed by atoms with E-state index in [9.17, 15) is 65.1 Å². The summed E-state index contributed by atoms with van der Waals surface area (Å²) >= 11 is 0. The third kappa shape index (κ3) is 11.3. The predicted octanol–water partition coefficient (Wildman–Crippen LogP) is -0.731. The first-order chi connectivity index (χ1) is 25.7. The molecule has 4 saturated carbocycles. The number of carbonyl (C=O) groups is 4. The molecule has 0 saturated heterocycles. The molecule has 0 bridgehead atoms. The lowest BCUT2D eigenvalue weighted by Gasteiger charge is -2.63. The Morgan fingerprint density at radius 2 is 1.31 bits per heavy atom. The highest BCUT2D eigenvalue weighted by Crippen LogP contribution is 2.68. The monoisotopic (exact) mass is 786 g/mol. The third-order valence-corrected chi connectivity index (χ3v) is 14.1. The number of nitrogens with zero attached hydrogens (tertiary/aromatic N) is 3. The van der Waals surface area contributed by atoms with E-state index in [1.54, 1.807) is 4.90 Å². The van der Waals surface area contributed by atoms with Crippen LogP contribution in [0.5, 0.6) is 0 Å². The lowest BCUT2D eigenvalue weighted by Crippen LogP contribution is -2.63. The summed E-state index contributed by atoms with van der Waals surface area (Å²) in [5.74, 6) is -2.84. The van der Waals surface area contributed by atoms with Crippen LogP contribution in [0.2, 0.25) is 0 Å². The molecule has 55 heavy (non-hydrogen) atoms. The number of hydrogen-bond acceptors (Lipinski definition) is 13. The van der Waals surface area contributed by atoms with Crippen LogP contribution < -0.4 is 5.32 Å². The van der Waals surface area contributed by atoms with Gasteiger partial charge in [-0.15, -0.1) is 0 Å². The maximum atomic E-state index is 13.6. The summed E-state index contributed by atoms with van der Waals surface area (Å²) in [6, 6.07) is -0.179. The number of carboxylic acids is 3. The van der Waals surface area contributed by atoms with Crippen molar-refractivity contribution < 1.29 is 65.1 Å². The van der Waals surface area contributed by atoms with Gasteiger partial charge in [0.15, 0.2) is 12.6 Å². The van der Waals surface area contributed by atoms with Crippen molar-refractivity contribution in [2.45, 2.75) is 109 Å². The van der Waals surface area contributed by atoms with E-state index < -0.39 is 61.2 Å². The number of carboxylic acid groups (broad SMARTS) is 3. The molecule has 0 radical (unpaired) electrons. The molecule has 0 spiro atoms. The third-order valence-electron chi connectivity index (χ3n) is 14.1. The second-order valence-corrected chi connectivity index (χ2v) is 17.5. The van der Waals surface area contributed by atoms with Gasteiger partial charge in [-0.1, -0.05) is 20.8 Å². The molecule has 4 aliphatic rings. The molecule has 4 rings (SSSR count). The minimum Gasteiger partial charge on any atom is -0.481 e. The second kappa shape index (κ2) is 19.3. The number of carbonyl (C=O) groups excluding carboxylic acids is 1. The number of aliphatic carboxylic acids is 3. The predicted molar refractivity (Wildman–Crippen MR) is 197 cm³/mol. The van der Waals surface area contributed by atoms with E-state index in [-0.39, 0.29) is 105 Å². The van der Waals surface area contributed by atoms with Gasteiger partial charge < -0.3 is 51.3 Å². The summed E-state index contributed by atoms with van der Waals surface area (Å²) in [4.78, 5) is 52.0. The van der Waals surface area contributed by atoms with E-state index >= 15 is 0 Å². The molecule has 4 aliphatic carbocycles. The van der Waals surface area contributed by atoms with E-state index in [0.29, 0.717) is 32.1 Å². The van der Waals surface area contributed by atoms with Gasteiger partial charge in [0.2, 0.25) is 5.91 Å². The smallest absolute Gasteiger partial charge is 0.317 e. The summed E-state index contributed by atoms with van der Waals surface area (Å²) < 4.78 is 0. The van der Waals surface area contributed by atoms with Gasteiger partial charge in [-0.05, 0) is 97.7 Å². The van der Waals surface area contributed by atoms with Crippen molar-refractivity contribution in [2.24, 2.45) is 46.3 Å². The Balaban J connectivity index is 1.42. The van der Waals surface area contributed by atoms with Gasteiger partial charge in [0.05, 0.1) is 31.8 Å². The molecule has 17 nitrogen and oxygen atoms in total. The fourth-order valence-electron chi connectivity index (χ4n) is 11.5. The lowest BCUT2D eigenvalue weighted by molar-refractivity contribution is -0.202. The van der Waals surface area contributed by atoms with Crippen molar-refractivity contribution in [2.75, 3.05) is 58.9 Å². The molecule has 316 valence electrons. The van der Waals surface area contributed by atoms with Crippen LogP contribution in [0.3, 0.4) is 0 Å². The average Bonchev–Trinajstić information content (AvgIpc) is 3.43. The van der Waals surface area contributed by atoms with E-state index in [1.165, 1.54) is 9.80 Å². The molecule has 0 aromatic heterocycles. The fraction of sp³-hybridized carbons (Fsp3) is 0.895. The molecular weight excluding hydrogens is 720 g/mol. The van der Waals surface area contributed by atoms with Gasteiger partial charge in [0.1, 0.15) is 0 Å². The first kappa shape index (κ1) is 45.2. The summed E-state index contributed by atoms with van der Waals surface area (Å²) in [5, 5.41) is 92.7. The molecular formula is C38H66N4O13. The standard InChI is InChI=1S/C38H66N4O13/c1-22(4-7-31(46)47)25-5-6-26-36-27(16-29(44)38(25,26)3)37(2)9-8-24(14-23(37)15-28(36)43)39-30(45)17-40(10-12-41(18-32(48)49)19-33(50)51)11-13-42(20-34(52)53)21-35(54)55/h22-29,32-33,36,43-44,48-51H,4-21H2,1-3H3,(H,39,45)(H,46,47)(H,52,53)(H,54,55). The van der Waals surface area contributed by atoms with Crippen molar-refractivity contribution in [3.8, 4) is 0 Å². The average molecular weight is 787 g/mol. The SMILES string of the molecule is CC(CCC(=O)O)C1CCC2C3C(O)CC4CC(NC(=O)CN(CCN(CC(=O)O)CC(=O)O)CCN(CC(O)O)CC(O)O)CCC4(C)C3CC(O)C12C. The summed E-state index contributed by atoms with van der Waals surface area (Å²) in [5.41, 5.74) is -0.548. The van der Waals surface area contributed by atoms with Gasteiger partial charge >= 0.3 is 17.9 Å². The van der Waals surface area contributed by atoms with Gasteiger partial charge in [-0.2, -0.15) is 0 Å². The molecule has 0 aliphatic heterocycles. The first-order valence-corrected chi connectivity index (χ1v) is 19.9. The highest BCUT2D eigenvalue weighted by atomic mass is 16.5. The van der Waals surface area contributed by atoms with Crippen LogP contribution >= 0.6 is 0 Å². The van der Waals surface area contributed by atoms with Gasteiger partial charge in [0, 0.05) is 51.7 Å². The number of hydrogen-bond donors (Lipinski definition) is 10. The van der Waals surface area contributed by atoms with E-state index in [4.69, 9.17) is 0 Å². The number of amides is 1. The maximum Gasteiger partial charge on any atom is 0.317 e. The van der Waals surface area contributed by atoms with Crippen LogP contribution in [-0.2, 0) is 19.2 Å². The lowest BCUT2D eigenvalue weighted by atomic mass is 9.43. The van der Waals surface area contributed by atoms with E-state index in [2.05, 4.69) is 26.1 Å². The number of nitrogens with one attached hydrogen (secondary N) is 1. The van der Waals surface area contributed by atoms with Crippen molar-refractivity contribution in [3.05, 3.63) is 0 Å². The molecule has 11 unspecified atom stereocenters. The van der Waals surface area contributed by atoms with Gasteiger partial charge in [-0.25, -0.2) is 0 Å². The second-order valence-electron chi connectivity index (χ2n) is 17.5. The van der Waals surface area contributed by atoms with Gasteiger partial charge in [0.25, 0.3) is 0 Å². The Morgan fingerprint density at radius 3 is 1.87 bits per heavy atom. The first-order valence-electron chi connectivity index (χ1n) is 19.9. The fourth-order valence-corrected chi connectivity index (χ4v) is 11.5. The molecule has 0 heterocycles. The minimum absolute atomic E-state index is 0.00924. The Labute approximate surface area is 323 Å². The van der Waals surface area contributed by atoms with Crippen LogP contribution in [0.4, 0.5) is 0 Å². The number of aliphatic hydroxyl groups is 6. The topological polar surface area (TPSA) is 272 Å². The van der Waals surface area contributed by atoms with Crippen LogP contribution in [-0.4, -0.2) is 174 Å². The zero-order valence-electron chi connectivity index (χ0n) is 32.6. The molecule has 4 fully saturated rings. The van der Waals surface area contributed by atoms with E-state index in [0.717, 1.165) is 19.3 Å². The largest absolute Gasteiger partial charge is 0.481 e. The number of aliphatic hydroxyl groups excluding tert-OH is 4. The Bertz CT molecular complexity index is 1300. The normalized spacial score (nSPS) is 33.8. The molecule has 0 aromatic carbocycles. The number of rotatable bonds is 21. The molecule has 10 N–H and O–H groups in total. The van der Waals surface area contributed by atoms with Crippen molar-refractivity contribution in [1.29, 1.82) is 0 Å². The van der Waals surface area contributed by atoms with Crippen LogP contribution in [0.1, 0.15) is 78.6 Å². The molecule has 1 amide bonds. The zero-order valence-corrected chi connectivity index (χ0v) is 32.6. The van der Waals surface area contributed by atoms with Crippen molar-refractivity contribution >= 4 is 23.8 Å². The van der Waals surface area contributed by atoms with Gasteiger partial charge in [-0.3, -0.25) is 33.9 Å². The summed E-state index contributed by atoms with van der Waals surface area (Å²) in [6.07, 6.45) is 1.15.